The predicted molar refractivity (Wildman–Crippen MR) is 73.7 cm³/mol. The van der Waals surface area contributed by atoms with E-state index in [0.29, 0.717) is 0 Å². The minimum absolute atomic E-state index is 0.0575. The third-order valence-electron chi connectivity index (χ3n) is 3.78. The average molecular weight is 307 g/mol. The molecule has 1 atom stereocenters. The van der Waals surface area contributed by atoms with Crippen LogP contribution in [0, 0.1) is 0 Å². The lowest BCUT2D eigenvalue weighted by Gasteiger charge is -2.43. The first kappa shape index (κ1) is 14.8. The number of hydrogen-bond acceptors (Lipinski definition) is 5. The van der Waals surface area contributed by atoms with Gasteiger partial charge in [0.05, 0.1) is 6.54 Å². The van der Waals surface area contributed by atoms with Gasteiger partial charge in [-0.3, -0.25) is 4.90 Å². The molecule has 2 aliphatic heterocycles. The summed E-state index contributed by atoms with van der Waals surface area (Å²) in [6, 6.07) is 8.19. The number of carboxylic acid groups (broad SMARTS) is 1. The lowest BCUT2D eigenvalue weighted by molar-refractivity contribution is -0.437. The molecule has 2 saturated heterocycles. The van der Waals surface area contributed by atoms with Gasteiger partial charge in [-0.05, 0) is 12.5 Å². The molecule has 0 saturated carbocycles. The molecular formula is C15H17NO6. The number of hydrogen-bond donors (Lipinski definition) is 1. The number of rotatable bonds is 3. The van der Waals surface area contributed by atoms with Crippen molar-refractivity contribution in [3.05, 3.63) is 35.9 Å². The molecule has 0 bridgehead atoms. The quantitative estimate of drug-likeness (QED) is 0.912. The first-order valence-corrected chi connectivity index (χ1v) is 7.05. The number of carboxylic acids is 1. The number of amides is 1. The number of carbonyl (C=O) groups is 2. The molecule has 7 nitrogen and oxygen atoms in total. The highest BCUT2D eigenvalue weighted by atomic mass is 16.9. The van der Waals surface area contributed by atoms with E-state index in [-0.39, 0.29) is 25.9 Å². The third-order valence-corrected chi connectivity index (χ3v) is 3.78. The van der Waals surface area contributed by atoms with E-state index in [1.54, 1.807) is 6.92 Å². The molecule has 1 spiro atoms. The Balaban J connectivity index is 1.64. The van der Waals surface area contributed by atoms with Crippen LogP contribution in [-0.2, 0) is 25.6 Å². The van der Waals surface area contributed by atoms with Gasteiger partial charge in [0.2, 0.25) is 0 Å². The summed E-state index contributed by atoms with van der Waals surface area (Å²) in [6.45, 7) is 1.87. The first-order chi connectivity index (χ1) is 10.5. The van der Waals surface area contributed by atoms with Crippen LogP contribution < -0.4 is 0 Å². The normalized spacial score (nSPS) is 30.1. The Labute approximate surface area is 127 Å². The smallest absolute Gasteiger partial charge is 0.411 e. The summed E-state index contributed by atoms with van der Waals surface area (Å²) >= 11 is 0. The second kappa shape index (κ2) is 5.58. The van der Waals surface area contributed by atoms with Crippen LogP contribution in [0.2, 0.25) is 0 Å². The fraction of sp³-hybridized carbons (Fsp3) is 0.467. The highest BCUT2D eigenvalue weighted by Gasteiger charge is 2.57. The van der Waals surface area contributed by atoms with E-state index in [0.717, 1.165) is 10.5 Å². The topological polar surface area (TPSA) is 85.3 Å². The molecule has 1 amide bonds. The Morgan fingerprint density at radius 3 is 2.64 bits per heavy atom. The summed E-state index contributed by atoms with van der Waals surface area (Å²) in [7, 11) is 0. The summed E-state index contributed by atoms with van der Waals surface area (Å²) in [6.07, 6.45) is -0.956. The summed E-state index contributed by atoms with van der Waals surface area (Å²) in [5.41, 5.74) is 0.835. The standard InChI is InChI=1S/C15H17NO6/c1-10-21-15(22-10)7-12(13(17)18)16(9-15)14(19)20-8-11-5-3-2-4-6-11/h2-6,10,12H,7-9H2,1H3,(H,17,18)/t10?,12-,15?/m0/s1. The van der Waals surface area contributed by atoms with Gasteiger partial charge in [0.15, 0.2) is 12.1 Å². The van der Waals surface area contributed by atoms with Crippen LogP contribution in [-0.4, -0.2) is 46.7 Å². The van der Waals surface area contributed by atoms with Gasteiger partial charge >= 0.3 is 12.1 Å². The van der Waals surface area contributed by atoms with Gasteiger partial charge in [0.25, 0.3) is 0 Å². The van der Waals surface area contributed by atoms with Crippen molar-refractivity contribution in [3.63, 3.8) is 0 Å². The van der Waals surface area contributed by atoms with Crippen molar-refractivity contribution in [3.8, 4) is 0 Å². The van der Waals surface area contributed by atoms with Crippen molar-refractivity contribution in [2.24, 2.45) is 0 Å². The SMILES string of the molecule is CC1OC2(C[C@@H](C(=O)O)N(C(=O)OCc3ccccc3)C2)O1. The lowest BCUT2D eigenvalue weighted by atomic mass is 10.1. The molecule has 0 aromatic heterocycles. The zero-order valence-corrected chi connectivity index (χ0v) is 12.1. The van der Waals surface area contributed by atoms with Crippen molar-refractivity contribution in [1.29, 1.82) is 0 Å². The molecule has 1 aromatic carbocycles. The molecule has 0 radical (unpaired) electrons. The molecule has 22 heavy (non-hydrogen) atoms. The largest absolute Gasteiger partial charge is 0.480 e. The predicted octanol–water partition coefficient (Wildman–Crippen LogP) is 1.57. The highest BCUT2D eigenvalue weighted by Crippen LogP contribution is 2.40. The Hall–Kier alpha value is -2.12. The Morgan fingerprint density at radius 2 is 2.05 bits per heavy atom. The zero-order chi connectivity index (χ0) is 15.7. The molecule has 1 N–H and O–H groups in total. The maximum atomic E-state index is 12.2. The van der Waals surface area contributed by atoms with Crippen LogP contribution in [0.15, 0.2) is 30.3 Å². The average Bonchev–Trinajstić information content (AvgIpc) is 2.86. The van der Waals surface area contributed by atoms with Crippen LogP contribution in [0.1, 0.15) is 18.9 Å². The van der Waals surface area contributed by atoms with Crippen molar-refractivity contribution < 1.29 is 28.9 Å². The number of benzene rings is 1. The summed E-state index contributed by atoms with van der Waals surface area (Å²) < 4.78 is 16.1. The fourth-order valence-corrected chi connectivity index (χ4v) is 2.84. The number of carbonyl (C=O) groups excluding carboxylic acids is 1. The number of nitrogens with zero attached hydrogens (tertiary/aromatic N) is 1. The van der Waals surface area contributed by atoms with E-state index in [1.807, 2.05) is 30.3 Å². The van der Waals surface area contributed by atoms with E-state index in [4.69, 9.17) is 14.2 Å². The van der Waals surface area contributed by atoms with Crippen molar-refractivity contribution >= 4 is 12.1 Å². The van der Waals surface area contributed by atoms with Gasteiger partial charge in [-0.1, -0.05) is 30.3 Å². The van der Waals surface area contributed by atoms with Crippen LogP contribution in [0.25, 0.3) is 0 Å². The molecule has 118 valence electrons. The Morgan fingerprint density at radius 1 is 1.36 bits per heavy atom. The molecule has 2 fully saturated rings. The van der Waals surface area contributed by atoms with Gasteiger partial charge in [-0.15, -0.1) is 0 Å². The van der Waals surface area contributed by atoms with E-state index >= 15 is 0 Å². The summed E-state index contributed by atoms with van der Waals surface area (Å²) in [4.78, 5) is 24.7. The minimum Gasteiger partial charge on any atom is -0.480 e. The van der Waals surface area contributed by atoms with Gasteiger partial charge in [-0.25, -0.2) is 9.59 Å². The number of ether oxygens (including phenoxy) is 3. The number of likely N-dealkylation sites (tertiary alicyclic amines) is 1. The molecule has 2 aliphatic rings. The Bertz CT molecular complexity index is 569. The first-order valence-electron chi connectivity index (χ1n) is 7.05. The maximum Gasteiger partial charge on any atom is 0.411 e. The second-order valence-corrected chi connectivity index (χ2v) is 5.44. The van der Waals surface area contributed by atoms with E-state index < -0.39 is 23.9 Å². The molecule has 7 heteroatoms. The molecule has 1 aromatic rings. The molecule has 0 unspecified atom stereocenters. The summed E-state index contributed by atoms with van der Waals surface area (Å²) in [5.74, 6) is -2.10. The van der Waals surface area contributed by atoms with Crippen LogP contribution in [0.4, 0.5) is 4.79 Å². The molecule has 0 aliphatic carbocycles. The maximum absolute atomic E-state index is 12.2. The molecule has 2 heterocycles. The monoisotopic (exact) mass is 307 g/mol. The van der Waals surface area contributed by atoms with Gasteiger partial charge in [0.1, 0.15) is 12.6 Å². The summed E-state index contributed by atoms with van der Waals surface area (Å²) in [5, 5.41) is 9.27. The second-order valence-electron chi connectivity index (χ2n) is 5.44. The molecule has 3 rings (SSSR count). The van der Waals surface area contributed by atoms with Crippen molar-refractivity contribution in [2.75, 3.05) is 6.54 Å². The van der Waals surface area contributed by atoms with E-state index in [2.05, 4.69) is 0 Å². The van der Waals surface area contributed by atoms with Crippen molar-refractivity contribution in [1.82, 2.24) is 4.90 Å². The van der Waals surface area contributed by atoms with Gasteiger partial charge < -0.3 is 19.3 Å². The number of aliphatic carboxylic acids is 1. The third kappa shape index (κ3) is 2.77. The lowest BCUT2D eigenvalue weighted by Crippen LogP contribution is -2.54. The van der Waals surface area contributed by atoms with Crippen LogP contribution >= 0.6 is 0 Å². The Kier molecular flexibility index (Phi) is 3.76. The molecular weight excluding hydrogens is 290 g/mol. The van der Waals surface area contributed by atoms with Crippen LogP contribution in [0.3, 0.4) is 0 Å². The van der Waals surface area contributed by atoms with E-state index in [9.17, 15) is 14.7 Å². The van der Waals surface area contributed by atoms with Gasteiger partial charge in [0, 0.05) is 6.42 Å². The van der Waals surface area contributed by atoms with Gasteiger partial charge in [-0.2, -0.15) is 0 Å². The minimum atomic E-state index is -1.10. The van der Waals surface area contributed by atoms with E-state index in [1.165, 1.54) is 0 Å². The van der Waals surface area contributed by atoms with Crippen LogP contribution in [0.5, 0.6) is 0 Å². The zero-order valence-electron chi connectivity index (χ0n) is 12.1. The highest BCUT2D eigenvalue weighted by molar-refractivity contribution is 5.81. The van der Waals surface area contributed by atoms with Crippen molar-refractivity contribution in [2.45, 2.75) is 38.1 Å². The fourth-order valence-electron chi connectivity index (χ4n) is 2.84.